The van der Waals surface area contributed by atoms with E-state index in [-0.39, 0.29) is 17.2 Å². The predicted molar refractivity (Wildman–Crippen MR) is 121 cm³/mol. The quantitative estimate of drug-likeness (QED) is 0.443. The summed E-state index contributed by atoms with van der Waals surface area (Å²) in [4.78, 5) is 12.5. The molecule has 0 spiro atoms. The van der Waals surface area contributed by atoms with Crippen LogP contribution < -0.4 is 4.74 Å². The molecule has 0 amide bonds. The van der Waals surface area contributed by atoms with Crippen molar-refractivity contribution in [3.05, 3.63) is 64.4 Å². The van der Waals surface area contributed by atoms with Gasteiger partial charge in [0.25, 0.3) is 0 Å². The number of rotatable bonds is 8. The number of ether oxygens (including phenoxy) is 1. The Morgan fingerprint density at radius 3 is 2.70 bits per heavy atom. The third-order valence-electron chi connectivity index (χ3n) is 5.99. The standard InChI is InChI=1S/C24H25ClO4S/c25-20-13-21(26)19(14-29-22-10-3-6-15-5-1-2-8-17(15)22)18(20)9-4-7-16-11-12-23(30-16)24(27)28/h1-3,5-6,8,10-12,18-21,26H,4,7,9,13-14H2,(H,27,28)/t18-,19-,20-,21-/m1/s1. The highest BCUT2D eigenvalue weighted by Gasteiger charge is 2.41. The zero-order valence-electron chi connectivity index (χ0n) is 16.5. The van der Waals surface area contributed by atoms with Crippen LogP contribution in [0.4, 0.5) is 0 Å². The SMILES string of the molecule is O=C(O)c1ccc(CCC[C@@H]2[C@@H](COc3cccc4ccccc34)[C@H](O)C[C@H]2Cl)s1. The van der Waals surface area contributed by atoms with E-state index in [9.17, 15) is 9.90 Å². The minimum atomic E-state index is -0.878. The van der Waals surface area contributed by atoms with Crippen LogP contribution in [0.15, 0.2) is 54.6 Å². The summed E-state index contributed by atoms with van der Waals surface area (Å²) in [7, 11) is 0. The van der Waals surface area contributed by atoms with E-state index in [1.807, 2.05) is 36.4 Å². The molecule has 1 aromatic heterocycles. The van der Waals surface area contributed by atoms with E-state index in [4.69, 9.17) is 21.4 Å². The maximum Gasteiger partial charge on any atom is 0.345 e. The van der Waals surface area contributed by atoms with E-state index in [0.717, 1.165) is 40.7 Å². The number of carboxylic acids is 1. The molecule has 4 atom stereocenters. The van der Waals surface area contributed by atoms with Crippen molar-refractivity contribution in [3.63, 3.8) is 0 Å². The molecule has 0 unspecified atom stereocenters. The van der Waals surface area contributed by atoms with Gasteiger partial charge in [0.15, 0.2) is 0 Å². The summed E-state index contributed by atoms with van der Waals surface area (Å²) >= 11 is 7.91. The van der Waals surface area contributed by atoms with Gasteiger partial charge in [0.1, 0.15) is 10.6 Å². The van der Waals surface area contributed by atoms with Crippen molar-refractivity contribution in [3.8, 4) is 5.75 Å². The monoisotopic (exact) mass is 444 g/mol. The van der Waals surface area contributed by atoms with Crippen molar-refractivity contribution >= 4 is 39.7 Å². The van der Waals surface area contributed by atoms with Gasteiger partial charge in [-0.3, -0.25) is 0 Å². The molecule has 30 heavy (non-hydrogen) atoms. The average molecular weight is 445 g/mol. The molecule has 0 saturated heterocycles. The second kappa shape index (κ2) is 9.38. The lowest BCUT2D eigenvalue weighted by atomic mass is 9.90. The molecule has 0 radical (unpaired) electrons. The van der Waals surface area contributed by atoms with Crippen LogP contribution in [-0.2, 0) is 6.42 Å². The first-order chi connectivity index (χ1) is 14.5. The van der Waals surface area contributed by atoms with E-state index in [1.54, 1.807) is 6.07 Å². The number of halogens is 1. The normalized spacial score (nSPS) is 23.7. The molecule has 0 aliphatic heterocycles. The lowest BCUT2D eigenvalue weighted by Gasteiger charge is -2.24. The molecule has 6 heteroatoms. The fraction of sp³-hybridized carbons (Fsp3) is 0.375. The van der Waals surface area contributed by atoms with Crippen LogP contribution in [0.25, 0.3) is 10.8 Å². The molecule has 3 aromatic rings. The van der Waals surface area contributed by atoms with E-state index in [0.29, 0.717) is 17.9 Å². The molecule has 1 aliphatic carbocycles. The number of aromatic carboxylic acids is 1. The zero-order chi connectivity index (χ0) is 21.1. The molecule has 2 N–H and O–H groups in total. The van der Waals surface area contributed by atoms with Crippen molar-refractivity contribution in [2.75, 3.05) is 6.61 Å². The van der Waals surface area contributed by atoms with Gasteiger partial charge in [-0.05, 0) is 55.2 Å². The van der Waals surface area contributed by atoms with Gasteiger partial charge in [-0.25, -0.2) is 4.79 Å². The minimum absolute atomic E-state index is 0.00983. The second-order valence-electron chi connectivity index (χ2n) is 7.90. The highest BCUT2D eigenvalue weighted by atomic mass is 35.5. The van der Waals surface area contributed by atoms with Crippen molar-refractivity contribution < 1.29 is 19.7 Å². The molecule has 1 saturated carbocycles. The van der Waals surface area contributed by atoms with Crippen molar-refractivity contribution in [1.29, 1.82) is 0 Å². The summed E-state index contributed by atoms with van der Waals surface area (Å²) in [5.41, 5.74) is 0. The van der Waals surface area contributed by atoms with E-state index in [2.05, 4.69) is 12.1 Å². The number of aliphatic hydroxyl groups is 1. The molecule has 4 rings (SSSR count). The lowest BCUT2D eigenvalue weighted by Crippen LogP contribution is -2.27. The number of hydrogen-bond acceptors (Lipinski definition) is 4. The summed E-state index contributed by atoms with van der Waals surface area (Å²) < 4.78 is 6.16. The van der Waals surface area contributed by atoms with Crippen LogP contribution in [0, 0.1) is 11.8 Å². The first-order valence-electron chi connectivity index (χ1n) is 10.3. The number of aliphatic hydroxyl groups excluding tert-OH is 1. The van der Waals surface area contributed by atoms with Crippen molar-refractivity contribution in [1.82, 2.24) is 0 Å². The fourth-order valence-corrected chi connectivity index (χ4v) is 5.79. The Hall–Kier alpha value is -2.08. The molecule has 1 aliphatic rings. The number of hydrogen-bond donors (Lipinski definition) is 2. The third-order valence-corrected chi connectivity index (χ3v) is 7.62. The Balaban J connectivity index is 1.38. The smallest absolute Gasteiger partial charge is 0.345 e. The summed E-state index contributed by atoms with van der Waals surface area (Å²) in [6, 6.07) is 17.7. The molecular weight excluding hydrogens is 420 g/mol. The van der Waals surface area contributed by atoms with Crippen LogP contribution in [0.2, 0.25) is 0 Å². The fourth-order valence-electron chi connectivity index (χ4n) is 4.41. The Morgan fingerprint density at radius 2 is 1.90 bits per heavy atom. The molecule has 4 nitrogen and oxygen atoms in total. The van der Waals surface area contributed by atoms with E-state index >= 15 is 0 Å². The van der Waals surface area contributed by atoms with Gasteiger partial charge < -0.3 is 14.9 Å². The van der Waals surface area contributed by atoms with Crippen LogP contribution in [0.5, 0.6) is 5.75 Å². The summed E-state index contributed by atoms with van der Waals surface area (Å²) in [5.74, 6) is 0.119. The molecule has 0 bridgehead atoms. The van der Waals surface area contributed by atoms with E-state index in [1.165, 1.54) is 11.3 Å². The first kappa shape index (κ1) is 21.2. The summed E-state index contributed by atoms with van der Waals surface area (Å²) in [6.07, 6.45) is 2.73. The first-order valence-corrected chi connectivity index (χ1v) is 11.5. The van der Waals surface area contributed by atoms with Crippen LogP contribution in [0.3, 0.4) is 0 Å². The van der Waals surface area contributed by atoms with Crippen LogP contribution in [-0.4, -0.2) is 34.3 Å². The van der Waals surface area contributed by atoms with Gasteiger partial charge in [-0.2, -0.15) is 0 Å². The average Bonchev–Trinajstić information content (AvgIpc) is 3.31. The van der Waals surface area contributed by atoms with Gasteiger partial charge >= 0.3 is 5.97 Å². The largest absolute Gasteiger partial charge is 0.493 e. The minimum Gasteiger partial charge on any atom is -0.493 e. The van der Waals surface area contributed by atoms with Gasteiger partial charge in [-0.1, -0.05) is 36.4 Å². The van der Waals surface area contributed by atoms with E-state index < -0.39 is 12.1 Å². The topological polar surface area (TPSA) is 66.8 Å². The Bertz CT molecular complexity index is 1010. The maximum absolute atomic E-state index is 11.0. The second-order valence-corrected chi connectivity index (χ2v) is 9.63. The molecule has 2 aromatic carbocycles. The number of carbonyl (C=O) groups is 1. The van der Waals surface area contributed by atoms with Gasteiger partial charge in [0.2, 0.25) is 0 Å². The number of thiophene rings is 1. The molecule has 1 fully saturated rings. The number of alkyl halides is 1. The number of carboxylic acid groups (broad SMARTS) is 1. The van der Waals surface area contributed by atoms with Crippen LogP contribution >= 0.6 is 22.9 Å². The summed E-state index contributed by atoms with van der Waals surface area (Å²) in [6.45, 7) is 0.436. The molecule has 1 heterocycles. The van der Waals surface area contributed by atoms with Crippen LogP contribution in [0.1, 0.15) is 33.8 Å². The maximum atomic E-state index is 11.0. The lowest BCUT2D eigenvalue weighted by molar-refractivity contribution is 0.0701. The molecular formula is C24H25ClO4S. The molecule has 158 valence electrons. The van der Waals surface area contributed by atoms with Gasteiger partial charge in [-0.15, -0.1) is 22.9 Å². The Kier molecular flexibility index (Phi) is 6.61. The number of benzene rings is 2. The number of fused-ring (bicyclic) bond motifs is 1. The van der Waals surface area contributed by atoms with Gasteiger partial charge in [0.05, 0.1) is 12.7 Å². The van der Waals surface area contributed by atoms with Gasteiger partial charge in [0, 0.05) is 21.6 Å². The third kappa shape index (κ3) is 4.64. The highest BCUT2D eigenvalue weighted by Crippen LogP contribution is 2.40. The Morgan fingerprint density at radius 1 is 1.10 bits per heavy atom. The Labute approximate surface area is 185 Å². The van der Waals surface area contributed by atoms with Crippen molar-refractivity contribution in [2.24, 2.45) is 11.8 Å². The van der Waals surface area contributed by atoms with Crippen molar-refractivity contribution in [2.45, 2.75) is 37.2 Å². The number of aryl methyl sites for hydroxylation is 1. The predicted octanol–water partition coefficient (Wildman–Crippen LogP) is 5.61. The highest BCUT2D eigenvalue weighted by molar-refractivity contribution is 7.13. The summed E-state index contributed by atoms with van der Waals surface area (Å²) in [5, 5.41) is 21.8. The zero-order valence-corrected chi connectivity index (χ0v) is 18.1.